The summed E-state index contributed by atoms with van der Waals surface area (Å²) in [4.78, 5) is 34.5. The van der Waals surface area contributed by atoms with E-state index in [2.05, 4.69) is 15.3 Å². The summed E-state index contributed by atoms with van der Waals surface area (Å²) >= 11 is 0. The van der Waals surface area contributed by atoms with Gasteiger partial charge in [0.1, 0.15) is 0 Å². The molecule has 7 nitrogen and oxygen atoms in total. The standard InChI is InChI=1S/C22H25N5O2/c1-14(23)15-7-9-27(10-8-15)22(29)17-3-2-4-18(11-17)26-21(28)16-5-6-19-20(12-16)25-13-24-19/h2-6,11-15H,7-10,23H2,1H3,(H,24,25)(H,26,28). The maximum Gasteiger partial charge on any atom is 0.255 e. The minimum atomic E-state index is -0.233. The number of piperidine rings is 1. The molecule has 1 saturated heterocycles. The highest BCUT2D eigenvalue weighted by Crippen LogP contribution is 2.22. The van der Waals surface area contributed by atoms with Crippen LogP contribution in [0, 0.1) is 5.92 Å². The van der Waals surface area contributed by atoms with Crippen molar-refractivity contribution in [1.82, 2.24) is 14.9 Å². The molecule has 3 aromatic rings. The molecule has 1 aromatic heterocycles. The molecule has 0 saturated carbocycles. The van der Waals surface area contributed by atoms with Crippen molar-refractivity contribution in [2.75, 3.05) is 18.4 Å². The molecule has 0 spiro atoms. The van der Waals surface area contributed by atoms with Crippen molar-refractivity contribution in [3.8, 4) is 0 Å². The fraction of sp³-hybridized carbons (Fsp3) is 0.318. The normalized spacial score (nSPS) is 16.0. The van der Waals surface area contributed by atoms with E-state index in [1.807, 2.05) is 11.8 Å². The number of nitrogens with one attached hydrogen (secondary N) is 2. The van der Waals surface area contributed by atoms with Crippen molar-refractivity contribution in [2.24, 2.45) is 11.7 Å². The Balaban J connectivity index is 1.44. The first-order chi connectivity index (χ1) is 14.0. The third-order valence-electron chi connectivity index (χ3n) is 5.62. The molecule has 1 fully saturated rings. The number of nitrogens with two attached hydrogens (primary N) is 1. The maximum absolute atomic E-state index is 12.9. The fourth-order valence-corrected chi connectivity index (χ4v) is 3.82. The van der Waals surface area contributed by atoms with Gasteiger partial charge in [0, 0.05) is 35.9 Å². The Kier molecular flexibility index (Phi) is 5.31. The van der Waals surface area contributed by atoms with Crippen LogP contribution in [0.2, 0.25) is 0 Å². The van der Waals surface area contributed by atoms with Gasteiger partial charge in [-0.05, 0) is 62.1 Å². The molecule has 1 aliphatic rings. The quantitative estimate of drug-likeness (QED) is 0.636. The summed E-state index contributed by atoms with van der Waals surface area (Å²) in [5.74, 6) is 0.226. The molecule has 150 valence electrons. The van der Waals surface area contributed by atoms with Gasteiger partial charge in [0.15, 0.2) is 0 Å². The van der Waals surface area contributed by atoms with Gasteiger partial charge in [-0.1, -0.05) is 6.07 Å². The molecule has 2 heterocycles. The van der Waals surface area contributed by atoms with E-state index in [1.54, 1.807) is 48.8 Å². The number of rotatable bonds is 4. The number of nitrogens with zero attached hydrogens (tertiary/aromatic N) is 2. The average Bonchev–Trinajstić information content (AvgIpc) is 3.21. The molecule has 0 bridgehead atoms. The van der Waals surface area contributed by atoms with Gasteiger partial charge in [-0.25, -0.2) is 4.98 Å². The van der Waals surface area contributed by atoms with E-state index < -0.39 is 0 Å². The molecule has 2 aromatic carbocycles. The van der Waals surface area contributed by atoms with Crippen LogP contribution < -0.4 is 11.1 Å². The summed E-state index contributed by atoms with van der Waals surface area (Å²) in [7, 11) is 0. The molecule has 1 atom stereocenters. The topological polar surface area (TPSA) is 104 Å². The van der Waals surface area contributed by atoms with Crippen molar-refractivity contribution >= 4 is 28.5 Å². The average molecular weight is 391 g/mol. The number of fused-ring (bicyclic) bond motifs is 1. The molecular weight excluding hydrogens is 366 g/mol. The van der Waals surface area contributed by atoms with Crippen LogP contribution in [0.25, 0.3) is 11.0 Å². The second-order valence-electron chi connectivity index (χ2n) is 7.66. The number of hydrogen-bond donors (Lipinski definition) is 3. The van der Waals surface area contributed by atoms with Crippen LogP contribution in [0.1, 0.15) is 40.5 Å². The van der Waals surface area contributed by atoms with E-state index in [9.17, 15) is 9.59 Å². The van der Waals surface area contributed by atoms with E-state index in [-0.39, 0.29) is 17.9 Å². The molecule has 0 radical (unpaired) electrons. The minimum absolute atomic E-state index is 0.0110. The zero-order valence-electron chi connectivity index (χ0n) is 16.4. The van der Waals surface area contributed by atoms with Crippen LogP contribution in [-0.4, -0.2) is 45.8 Å². The number of carbonyl (C=O) groups is 2. The third kappa shape index (κ3) is 4.14. The molecule has 2 amide bonds. The number of amides is 2. The predicted octanol–water partition coefficient (Wildman–Crippen LogP) is 3.01. The van der Waals surface area contributed by atoms with Crippen LogP contribution >= 0.6 is 0 Å². The van der Waals surface area contributed by atoms with Gasteiger partial charge in [0.05, 0.1) is 17.4 Å². The lowest BCUT2D eigenvalue weighted by Crippen LogP contribution is -2.42. The number of anilines is 1. The van der Waals surface area contributed by atoms with Gasteiger partial charge < -0.3 is 20.9 Å². The Labute approximate surface area is 169 Å². The Bertz CT molecular complexity index is 1030. The Morgan fingerprint density at radius 2 is 1.97 bits per heavy atom. The molecule has 4 N–H and O–H groups in total. The van der Waals surface area contributed by atoms with E-state index in [1.165, 1.54) is 0 Å². The fourth-order valence-electron chi connectivity index (χ4n) is 3.82. The number of carbonyl (C=O) groups excluding carboxylic acids is 2. The second kappa shape index (κ2) is 8.05. The van der Waals surface area contributed by atoms with Gasteiger partial charge in [-0.3, -0.25) is 9.59 Å². The Hall–Kier alpha value is -3.19. The summed E-state index contributed by atoms with van der Waals surface area (Å²) < 4.78 is 0. The zero-order chi connectivity index (χ0) is 20.4. The van der Waals surface area contributed by atoms with Gasteiger partial charge >= 0.3 is 0 Å². The number of likely N-dealkylation sites (tertiary alicyclic amines) is 1. The number of benzene rings is 2. The van der Waals surface area contributed by atoms with Crippen molar-refractivity contribution < 1.29 is 9.59 Å². The van der Waals surface area contributed by atoms with Gasteiger partial charge in [0.25, 0.3) is 11.8 Å². The highest BCUT2D eigenvalue weighted by atomic mass is 16.2. The number of hydrogen-bond acceptors (Lipinski definition) is 4. The predicted molar refractivity (Wildman–Crippen MR) is 113 cm³/mol. The zero-order valence-corrected chi connectivity index (χ0v) is 16.4. The van der Waals surface area contributed by atoms with Crippen molar-refractivity contribution in [3.63, 3.8) is 0 Å². The molecule has 29 heavy (non-hydrogen) atoms. The lowest BCUT2D eigenvalue weighted by atomic mass is 9.90. The summed E-state index contributed by atoms with van der Waals surface area (Å²) in [6.07, 6.45) is 3.45. The van der Waals surface area contributed by atoms with Gasteiger partial charge in [-0.15, -0.1) is 0 Å². The van der Waals surface area contributed by atoms with E-state index in [4.69, 9.17) is 5.73 Å². The summed E-state index contributed by atoms with van der Waals surface area (Å²) in [5, 5.41) is 2.87. The van der Waals surface area contributed by atoms with Crippen LogP contribution in [0.15, 0.2) is 48.8 Å². The minimum Gasteiger partial charge on any atom is -0.345 e. The van der Waals surface area contributed by atoms with Gasteiger partial charge in [0.2, 0.25) is 0 Å². The molecule has 7 heteroatoms. The first-order valence-corrected chi connectivity index (χ1v) is 9.90. The molecule has 0 aliphatic carbocycles. The maximum atomic E-state index is 12.9. The van der Waals surface area contributed by atoms with Crippen LogP contribution in [0.4, 0.5) is 5.69 Å². The summed E-state index contributed by atoms with van der Waals surface area (Å²) in [5.41, 5.74) is 9.29. The van der Waals surface area contributed by atoms with Crippen molar-refractivity contribution in [2.45, 2.75) is 25.8 Å². The number of imidazole rings is 1. The smallest absolute Gasteiger partial charge is 0.255 e. The SMILES string of the molecule is CC(N)C1CCN(C(=O)c2cccc(NC(=O)c3ccc4nc[nH]c4c3)c2)CC1. The number of aromatic nitrogens is 2. The highest BCUT2D eigenvalue weighted by Gasteiger charge is 2.25. The monoisotopic (exact) mass is 391 g/mol. The lowest BCUT2D eigenvalue weighted by molar-refractivity contribution is 0.0681. The first kappa shape index (κ1) is 19.1. The molecule has 1 unspecified atom stereocenters. The van der Waals surface area contributed by atoms with Crippen molar-refractivity contribution in [3.05, 3.63) is 59.9 Å². The van der Waals surface area contributed by atoms with Gasteiger partial charge in [-0.2, -0.15) is 0 Å². The van der Waals surface area contributed by atoms with Crippen LogP contribution in [-0.2, 0) is 0 Å². The third-order valence-corrected chi connectivity index (χ3v) is 5.62. The largest absolute Gasteiger partial charge is 0.345 e. The van der Waals surface area contributed by atoms with Crippen molar-refractivity contribution in [1.29, 1.82) is 0 Å². The second-order valence-corrected chi connectivity index (χ2v) is 7.66. The van der Waals surface area contributed by atoms with E-state index in [0.717, 1.165) is 23.9 Å². The first-order valence-electron chi connectivity index (χ1n) is 9.90. The van der Waals surface area contributed by atoms with Crippen LogP contribution in [0.5, 0.6) is 0 Å². The van der Waals surface area contributed by atoms with E-state index >= 15 is 0 Å². The molecule has 4 rings (SSSR count). The molecule has 1 aliphatic heterocycles. The molecular formula is C22H25N5O2. The lowest BCUT2D eigenvalue weighted by Gasteiger charge is -2.33. The summed E-state index contributed by atoms with van der Waals surface area (Å²) in [6.45, 7) is 3.45. The van der Waals surface area contributed by atoms with E-state index in [0.29, 0.717) is 35.8 Å². The number of H-pyrrole nitrogens is 1. The van der Waals surface area contributed by atoms with Crippen LogP contribution in [0.3, 0.4) is 0 Å². The summed E-state index contributed by atoms with van der Waals surface area (Å²) in [6, 6.07) is 12.5. The highest BCUT2D eigenvalue weighted by molar-refractivity contribution is 6.06. The Morgan fingerprint density at radius 3 is 2.72 bits per heavy atom. The Morgan fingerprint density at radius 1 is 1.17 bits per heavy atom. The number of aromatic amines is 1.